The molecule has 2 heterocycles. The molecule has 4 rings (SSSR count). The zero-order valence-electron chi connectivity index (χ0n) is 17.5. The first-order chi connectivity index (χ1) is 15.6. The number of carbonyl (C=O) groups is 2. The van der Waals surface area contributed by atoms with Gasteiger partial charge in [0.2, 0.25) is 0 Å². The lowest BCUT2D eigenvalue weighted by Gasteiger charge is -2.25. The number of hydrogen-bond donors (Lipinski definition) is 2. The number of nitrogens with two attached hydrogens (primary N) is 1. The first-order valence-corrected chi connectivity index (χ1v) is 11.1. The van der Waals surface area contributed by atoms with E-state index in [0.717, 1.165) is 44.1 Å². The van der Waals surface area contributed by atoms with Gasteiger partial charge in [0.1, 0.15) is 12.4 Å². The predicted molar refractivity (Wildman–Crippen MR) is 122 cm³/mol. The molecule has 0 aliphatic carbocycles. The number of anilines is 1. The monoisotopic (exact) mass is 452 g/mol. The third-order valence-corrected chi connectivity index (χ3v) is 5.80. The third-order valence-electron chi connectivity index (χ3n) is 5.00. The molecule has 0 bridgehead atoms. The van der Waals surface area contributed by atoms with E-state index in [0.29, 0.717) is 22.0 Å². The van der Waals surface area contributed by atoms with Crippen molar-refractivity contribution in [3.05, 3.63) is 76.3 Å². The molecule has 2 amide bonds. The van der Waals surface area contributed by atoms with Crippen LogP contribution in [0.25, 0.3) is 0 Å². The van der Waals surface area contributed by atoms with Crippen LogP contribution in [0.4, 0.5) is 5.13 Å². The lowest BCUT2D eigenvalue weighted by atomic mass is 10.1. The summed E-state index contributed by atoms with van der Waals surface area (Å²) < 4.78 is 11.1. The minimum absolute atomic E-state index is 0.201. The zero-order valence-corrected chi connectivity index (χ0v) is 18.3. The van der Waals surface area contributed by atoms with E-state index in [1.807, 2.05) is 11.4 Å². The molecular formula is C23H24N4O4S. The maximum Gasteiger partial charge on any atom is 0.257 e. The van der Waals surface area contributed by atoms with Crippen LogP contribution in [0, 0.1) is 0 Å². The molecule has 0 radical (unpaired) electrons. The number of benzene rings is 2. The van der Waals surface area contributed by atoms with Crippen molar-refractivity contribution in [1.29, 1.82) is 0 Å². The first-order valence-electron chi connectivity index (χ1n) is 10.2. The minimum Gasteiger partial charge on any atom is -0.488 e. The summed E-state index contributed by atoms with van der Waals surface area (Å²) in [4.78, 5) is 31.1. The molecule has 0 unspecified atom stereocenters. The van der Waals surface area contributed by atoms with Crippen molar-refractivity contribution >= 4 is 28.3 Å². The Kier molecular flexibility index (Phi) is 7.10. The molecule has 0 spiro atoms. The van der Waals surface area contributed by atoms with Crippen molar-refractivity contribution in [2.75, 3.05) is 31.6 Å². The van der Waals surface area contributed by atoms with Crippen LogP contribution in [-0.4, -0.2) is 48.0 Å². The van der Waals surface area contributed by atoms with Crippen molar-refractivity contribution in [3.63, 3.8) is 0 Å². The topological polar surface area (TPSA) is 107 Å². The summed E-state index contributed by atoms with van der Waals surface area (Å²) in [6.45, 7) is 4.20. The number of amides is 2. The molecule has 1 saturated heterocycles. The first kappa shape index (κ1) is 21.9. The van der Waals surface area contributed by atoms with Gasteiger partial charge in [0.05, 0.1) is 24.5 Å². The van der Waals surface area contributed by atoms with Crippen molar-refractivity contribution < 1.29 is 19.1 Å². The van der Waals surface area contributed by atoms with Crippen LogP contribution in [0.15, 0.2) is 53.9 Å². The normalized spacial score (nSPS) is 14.1. The molecule has 0 saturated carbocycles. The van der Waals surface area contributed by atoms with Crippen molar-refractivity contribution in [3.8, 4) is 5.75 Å². The number of aromatic nitrogens is 1. The zero-order chi connectivity index (χ0) is 22.3. The Bertz CT molecular complexity index is 1090. The number of rotatable bonds is 8. The molecule has 1 aromatic heterocycles. The Hall–Kier alpha value is -3.27. The number of carbonyl (C=O) groups excluding carboxylic acids is 2. The average Bonchev–Trinajstić information content (AvgIpc) is 3.25. The average molecular weight is 453 g/mol. The van der Waals surface area contributed by atoms with Gasteiger partial charge >= 0.3 is 0 Å². The van der Waals surface area contributed by atoms with E-state index in [1.165, 1.54) is 11.3 Å². The van der Waals surface area contributed by atoms with E-state index in [4.69, 9.17) is 15.2 Å². The van der Waals surface area contributed by atoms with Crippen LogP contribution in [0.5, 0.6) is 5.75 Å². The van der Waals surface area contributed by atoms with Crippen LogP contribution in [0.1, 0.15) is 32.0 Å². The molecule has 3 aromatic rings. The molecule has 166 valence electrons. The maximum absolute atomic E-state index is 12.7. The second kappa shape index (κ2) is 10.4. The second-order valence-corrected chi connectivity index (χ2v) is 8.19. The highest BCUT2D eigenvalue weighted by molar-refractivity contribution is 7.14. The van der Waals surface area contributed by atoms with Crippen molar-refractivity contribution in [2.24, 2.45) is 5.73 Å². The second-order valence-electron chi connectivity index (χ2n) is 7.34. The van der Waals surface area contributed by atoms with Gasteiger partial charge in [0.15, 0.2) is 5.13 Å². The number of morpholine rings is 1. The molecule has 32 heavy (non-hydrogen) atoms. The van der Waals surface area contributed by atoms with Crippen LogP contribution < -0.4 is 15.8 Å². The number of ether oxygens (including phenoxy) is 2. The van der Waals surface area contributed by atoms with E-state index in [9.17, 15) is 9.59 Å². The van der Waals surface area contributed by atoms with E-state index in [-0.39, 0.29) is 12.5 Å². The largest absolute Gasteiger partial charge is 0.488 e. The molecule has 1 aliphatic rings. The summed E-state index contributed by atoms with van der Waals surface area (Å²) in [6, 6.07) is 13.9. The SMILES string of the molecule is NC(=O)c1ccccc1OCc1cccc(C(=O)Nc2nc(CN3CCOCC3)cs2)c1. The predicted octanol–water partition coefficient (Wildman–Crippen LogP) is 2.91. The summed E-state index contributed by atoms with van der Waals surface area (Å²) in [5.74, 6) is -0.382. The highest BCUT2D eigenvalue weighted by Crippen LogP contribution is 2.21. The Morgan fingerprint density at radius 1 is 1.16 bits per heavy atom. The van der Waals surface area contributed by atoms with Crippen molar-refractivity contribution in [2.45, 2.75) is 13.2 Å². The smallest absolute Gasteiger partial charge is 0.257 e. The molecule has 3 N–H and O–H groups in total. The Morgan fingerprint density at radius 2 is 1.97 bits per heavy atom. The fraction of sp³-hybridized carbons (Fsp3) is 0.261. The van der Waals surface area contributed by atoms with Crippen LogP contribution in [0.3, 0.4) is 0 Å². The standard InChI is InChI=1S/C23H24N4O4S/c24-21(28)19-6-1-2-7-20(19)31-14-16-4-3-5-17(12-16)22(29)26-23-25-18(15-32-23)13-27-8-10-30-11-9-27/h1-7,12,15H,8-11,13-14H2,(H2,24,28)(H,25,26,29). The Balaban J connectivity index is 1.36. The Morgan fingerprint density at radius 3 is 2.78 bits per heavy atom. The van der Waals surface area contributed by atoms with Gasteiger partial charge in [-0.05, 0) is 29.8 Å². The van der Waals surface area contributed by atoms with Gasteiger partial charge in [0, 0.05) is 30.6 Å². The van der Waals surface area contributed by atoms with Gasteiger partial charge < -0.3 is 15.2 Å². The molecule has 9 heteroatoms. The lowest BCUT2D eigenvalue weighted by molar-refractivity contribution is 0.0337. The van der Waals surface area contributed by atoms with Gasteiger partial charge in [0.25, 0.3) is 11.8 Å². The maximum atomic E-state index is 12.7. The molecule has 0 atom stereocenters. The van der Waals surface area contributed by atoms with Gasteiger partial charge in [-0.15, -0.1) is 11.3 Å². The van der Waals surface area contributed by atoms with Crippen molar-refractivity contribution in [1.82, 2.24) is 9.88 Å². The van der Waals surface area contributed by atoms with E-state index in [1.54, 1.807) is 42.5 Å². The number of primary amides is 1. The van der Waals surface area contributed by atoms with Crippen LogP contribution in [-0.2, 0) is 17.9 Å². The number of nitrogens with zero attached hydrogens (tertiary/aromatic N) is 2. The fourth-order valence-corrected chi connectivity index (χ4v) is 4.05. The number of hydrogen-bond acceptors (Lipinski definition) is 7. The number of para-hydroxylation sites is 1. The summed E-state index contributed by atoms with van der Waals surface area (Å²) >= 11 is 1.41. The van der Waals surface area contributed by atoms with E-state index >= 15 is 0 Å². The number of nitrogens with one attached hydrogen (secondary N) is 1. The van der Waals surface area contributed by atoms with Crippen LogP contribution in [0.2, 0.25) is 0 Å². The van der Waals surface area contributed by atoms with Gasteiger partial charge in [-0.3, -0.25) is 19.8 Å². The number of thiazole rings is 1. The Labute approximate surface area is 190 Å². The molecule has 1 aliphatic heterocycles. The summed E-state index contributed by atoms with van der Waals surface area (Å²) in [5.41, 5.74) is 7.93. The molecular weight excluding hydrogens is 428 g/mol. The van der Waals surface area contributed by atoms with E-state index < -0.39 is 5.91 Å². The summed E-state index contributed by atoms with van der Waals surface area (Å²) in [5, 5.41) is 5.39. The molecule has 2 aromatic carbocycles. The summed E-state index contributed by atoms with van der Waals surface area (Å²) in [6.07, 6.45) is 0. The highest BCUT2D eigenvalue weighted by atomic mass is 32.1. The van der Waals surface area contributed by atoms with Gasteiger partial charge in [-0.25, -0.2) is 4.98 Å². The van der Waals surface area contributed by atoms with E-state index in [2.05, 4.69) is 15.2 Å². The third kappa shape index (κ3) is 5.70. The van der Waals surface area contributed by atoms with Gasteiger partial charge in [-0.1, -0.05) is 24.3 Å². The minimum atomic E-state index is -0.551. The quantitative estimate of drug-likeness (QED) is 0.544. The molecule has 1 fully saturated rings. The summed E-state index contributed by atoms with van der Waals surface area (Å²) in [7, 11) is 0. The fourth-order valence-electron chi connectivity index (χ4n) is 3.35. The lowest BCUT2D eigenvalue weighted by Crippen LogP contribution is -2.35. The van der Waals surface area contributed by atoms with Gasteiger partial charge in [-0.2, -0.15) is 0 Å². The highest BCUT2D eigenvalue weighted by Gasteiger charge is 2.14. The van der Waals surface area contributed by atoms with Crippen LogP contribution >= 0.6 is 11.3 Å². The molecule has 8 nitrogen and oxygen atoms in total.